The van der Waals surface area contributed by atoms with E-state index in [1.165, 1.54) is 0 Å². The molecule has 0 spiro atoms. The van der Waals surface area contributed by atoms with Crippen LogP contribution in [0, 0.1) is 11.3 Å². The minimum absolute atomic E-state index is 0.0824. The van der Waals surface area contributed by atoms with E-state index in [9.17, 15) is 9.59 Å². The van der Waals surface area contributed by atoms with Crippen molar-refractivity contribution in [2.45, 2.75) is 18.2 Å². The first-order chi connectivity index (χ1) is 15.4. The molecule has 3 rings (SSSR count). The summed E-state index contributed by atoms with van der Waals surface area (Å²) in [6.07, 6.45) is -0.841. The topological polar surface area (TPSA) is 153 Å². The molecule has 1 aromatic rings. The zero-order valence-electron chi connectivity index (χ0n) is 17.9. The van der Waals surface area contributed by atoms with Crippen molar-refractivity contribution >= 4 is 12.0 Å². The Morgan fingerprint density at radius 2 is 1.75 bits per heavy atom. The SMILES string of the molecule is N#Cc1ccc(OCC(NCCN2CC3CN(CCNC(=O)O)CC(C2)O3)C(N)=O)cc1. The molecule has 0 radical (unpaired) electrons. The van der Waals surface area contributed by atoms with Crippen LogP contribution in [0.2, 0.25) is 0 Å². The first-order valence-electron chi connectivity index (χ1n) is 10.7. The molecular weight excluding hydrogens is 416 g/mol. The summed E-state index contributed by atoms with van der Waals surface area (Å²) < 4.78 is 11.7. The van der Waals surface area contributed by atoms with E-state index in [4.69, 9.17) is 25.6 Å². The van der Waals surface area contributed by atoms with Gasteiger partial charge in [-0.05, 0) is 24.3 Å². The highest BCUT2D eigenvalue weighted by Gasteiger charge is 2.34. The van der Waals surface area contributed by atoms with Gasteiger partial charge in [-0.3, -0.25) is 14.6 Å². The van der Waals surface area contributed by atoms with Crippen molar-refractivity contribution in [2.75, 3.05) is 59.0 Å². The quantitative estimate of drug-likeness (QED) is 0.336. The zero-order chi connectivity index (χ0) is 22.9. The van der Waals surface area contributed by atoms with Crippen LogP contribution in [0.4, 0.5) is 4.79 Å². The van der Waals surface area contributed by atoms with E-state index >= 15 is 0 Å². The predicted octanol–water partition coefficient (Wildman–Crippen LogP) is -0.967. The number of nitriles is 1. The molecule has 174 valence electrons. The molecule has 2 amide bonds. The number of carbonyl (C=O) groups is 2. The number of nitrogens with one attached hydrogen (secondary N) is 2. The summed E-state index contributed by atoms with van der Waals surface area (Å²) in [5.41, 5.74) is 6.05. The third-order valence-electron chi connectivity index (χ3n) is 5.50. The molecule has 2 saturated heterocycles. The first kappa shape index (κ1) is 23.7. The molecule has 2 fully saturated rings. The summed E-state index contributed by atoms with van der Waals surface area (Å²) in [5, 5.41) is 23.1. The maximum atomic E-state index is 11.8. The second-order valence-corrected chi connectivity index (χ2v) is 7.99. The van der Waals surface area contributed by atoms with E-state index < -0.39 is 18.0 Å². The number of carboxylic acid groups (broad SMARTS) is 1. The highest BCUT2D eigenvalue weighted by atomic mass is 16.5. The van der Waals surface area contributed by atoms with Gasteiger partial charge in [0, 0.05) is 52.4 Å². The normalized spacial score (nSPS) is 22.0. The van der Waals surface area contributed by atoms with Gasteiger partial charge in [0.25, 0.3) is 0 Å². The van der Waals surface area contributed by atoms with Gasteiger partial charge in [-0.25, -0.2) is 4.79 Å². The lowest BCUT2D eigenvalue weighted by Crippen LogP contribution is -2.61. The van der Waals surface area contributed by atoms with Gasteiger partial charge in [0.2, 0.25) is 5.91 Å². The Morgan fingerprint density at radius 3 is 2.28 bits per heavy atom. The maximum Gasteiger partial charge on any atom is 0.404 e. The monoisotopic (exact) mass is 446 g/mol. The summed E-state index contributed by atoms with van der Waals surface area (Å²) in [6.45, 7) is 5.61. The zero-order valence-corrected chi connectivity index (χ0v) is 17.9. The number of nitrogens with two attached hydrogens (primary N) is 1. The molecule has 0 aromatic heterocycles. The van der Waals surface area contributed by atoms with Gasteiger partial charge in [0.1, 0.15) is 18.4 Å². The van der Waals surface area contributed by atoms with Crippen molar-refractivity contribution in [3.8, 4) is 11.8 Å². The van der Waals surface area contributed by atoms with Crippen LogP contribution < -0.4 is 21.1 Å². The maximum absolute atomic E-state index is 11.8. The molecule has 0 aliphatic carbocycles. The summed E-state index contributed by atoms with van der Waals surface area (Å²) in [7, 11) is 0. The van der Waals surface area contributed by atoms with Gasteiger partial charge in [-0.2, -0.15) is 5.26 Å². The van der Waals surface area contributed by atoms with Crippen LogP contribution in [0.5, 0.6) is 5.75 Å². The third kappa shape index (κ3) is 7.35. The van der Waals surface area contributed by atoms with Gasteiger partial charge >= 0.3 is 6.09 Å². The number of primary amides is 1. The molecule has 2 heterocycles. The Hall–Kier alpha value is -2.91. The van der Waals surface area contributed by atoms with Crippen LogP contribution in [0.3, 0.4) is 0 Å². The summed E-state index contributed by atoms with van der Waals surface area (Å²) in [6, 6.07) is 8.10. The molecule has 2 aliphatic rings. The molecule has 2 bridgehead atoms. The molecule has 0 saturated carbocycles. The van der Waals surface area contributed by atoms with Gasteiger partial charge in [-0.15, -0.1) is 0 Å². The van der Waals surface area contributed by atoms with E-state index in [0.717, 1.165) is 32.7 Å². The van der Waals surface area contributed by atoms with E-state index in [1.54, 1.807) is 24.3 Å². The second-order valence-electron chi connectivity index (χ2n) is 7.99. The van der Waals surface area contributed by atoms with Gasteiger partial charge in [0.15, 0.2) is 0 Å². The van der Waals surface area contributed by atoms with Crippen LogP contribution in [0.15, 0.2) is 24.3 Å². The van der Waals surface area contributed by atoms with Crippen molar-refractivity contribution < 1.29 is 24.2 Å². The Morgan fingerprint density at radius 1 is 1.16 bits per heavy atom. The number of carbonyl (C=O) groups excluding carboxylic acids is 1. The van der Waals surface area contributed by atoms with Gasteiger partial charge in [-0.1, -0.05) is 0 Å². The van der Waals surface area contributed by atoms with Crippen molar-refractivity contribution in [3.05, 3.63) is 29.8 Å². The Kier molecular flexibility index (Phi) is 8.64. The van der Waals surface area contributed by atoms with E-state index in [1.807, 2.05) is 6.07 Å². The standard InChI is InChI=1S/C21H30N6O5/c22-9-15-1-3-16(4-2-15)31-14-19(20(23)28)24-5-7-26-10-17-12-27(8-6-25-21(29)30)13-18(11-26)32-17/h1-4,17-19,24-25H,5-8,10-14H2,(H2,23,28)(H,29,30). The van der Waals surface area contributed by atoms with Crippen LogP contribution in [-0.2, 0) is 9.53 Å². The number of nitrogens with zero attached hydrogens (tertiary/aromatic N) is 3. The van der Waals surface area contributed by atoms with E-state index in [0.29, 0.717) is 30.9 Å². The predicted molar refractivity (Wildman–Crippen MR) is 115 cm³/mol. The number of morpholine rings is 2. The minimum atomic E-state index is -1.01. The van der Waals surface area contributed by atoms with Crippen molar-refractivity contribution in [3.63, 3.8) is 0 Å². The molecular formula is C21H30N6O5. The Bertz CT molecular complexity index is 800. The number of hydrogen-bond acceptors (Lipinski definition) is 8. The highest BCUT2D eigenvalue weighted by Crippen LogP contribution is 2.18. The van der Waals surface area contributed by atoms with Crippen molar-refractivity contribution in [1.29, 1.82) is 5.26 Å². The van der Waals surface area contributed by atoms with Crippen LogP contribution in [-0.4, -0.2) is 104 Å². The number of ether oxygens (including phenoxy) is 2. The lowest BCUT2D eigenvalue weighted by atomic mass is 10.1. The second kappa shape index (κ2) is 11.6. The average Bonchev–Trinajstić information content (AvgIpc) is 2.75. The van der Waals surface area contributed by atoms with Crippen LogP contribution >= 0.6 is 0 Å². The summed E-state index contributed by atoms with van der Waals surface area (Å²) in [5.74, 6) is 0.0873. The smallest absolute Gasteiger partial charge is 0.404 e. The Balaban J connectivity index is 1.38. The third-order valence-corrected chi connectivity index (χ3v) is 5.50. The van der Waals surface area contributed by atoms with Gasteiger partial charge in [0.05, 0.1) is 23.8 Å². The Labute approximate surface area is 187 Å². The fourth-order valence-corrected chi connectivity index (χ4v) is 3.99. The largest absolute Gasteiger partial charge is 0.491 e. The number of fused-ring (bicyclic) bond motifs is 2. The lowest BCUT2D eigenvalue weighted by Gasteiger charge is -2.46. The molecule has 1 aromatic carbocycles. The van der Waals surface area contributed by atoms with Crippen LogP contribution in [0.25, 0.3) is 0 Å². The molecule has 11 nitrogen and oxygen atoms in total. The van der Waals surface area contributed by atoms with E-state index in [2.05, 4.69) is 20.4 Å². The van der Waals surface area contributed by atoms with Crippen LogP contribution in [0.1, 0.15) is 5.56 Å². The van der Waals surface area contributed by atoms with Gasteiger partial charge < -0.3 is 30.9 Å². The number of benzene rings is 1. The first-order valence-corrected chi connectivity index (χ1v) is 10.7. The lowest BCUT2D eigenvalue weighted by molar-refractivity contribution is -0.137. The minimum Gasteiger partial charge on any atom is -0.491 e. The molecule has 2 aliphatic heterocycles. The molecule has 32 heavy (non-hydrogen) atoms. The molecule has 3 unspecified atom stereocenters. The fourth-order valence-electron chi connectivity index (χ4n) is 3.99. The van der Waals surface area contributed by atoms with Crippen molar-refractivity contribution in [1.82, 2.24) is 20.4 Å². The highest BCUT2D eigenvalue weighted by molar-refractivity contribution is 5.80. The number of hydrogen-bond donors (Lipinski definition) is 4. The fraction of sp³-hybridized carbons (Fsp3) is 0.571. The number of amides is 2. The summed E-state index contributed by atoms with van der Waals surface area (Å²) >= 11 is 0. The van der Waals surface area contributed by atoms with Crippen molar-refractivity contribution in [2.24, 2.45) is 5.73 Å². The number of rotatable bonds is 11. The average molecular weight is 447 g/mol. The molecule has 11 heteroatoms. The van der Waals surface area contributed by atoms with E-state index in [-0.39, 0.29) is 18.8 Å². The molecule has 5 N–H and O–H groups in total. The summed E-state index contributed by atoms with van der Waals surface area (Å²) in [4.78, 5) is 26.9. The molecule has 3 atom stereocenters.